The number of carbonyl (C=O) groups excluding carboxylic acids is 1. The lowest BCUT2D eigenvalue weighted by Gasteiger charge is -2.31. The lowest BCUT2D eigenvalue weighted by molar-refractivity contribution is -0.0229. The van der Waals surface area contributed by atoms with Crippen molar-refractivity contribution in [1.29, 1.82) is 0 Å². The molecule has 1 fully saturated rings. The van der Waals surface area contributed by atoms with Crippen LogP contribution in [-0.4, -0.2) is 48.9 Å². The highest BCUT2D eigenvalue weighted by molar-refractivity contribution is 5.93. The number of morpholine rings is 1. The van der Waals surface area contributed by atoms with E-state index in [0.717, 1.165) is 12.0 Å². The molecule has 0 bridgehead atoms. The van der Waals surface area contributed by atoms with E-state index >= 15 is 0 Å². The van der Waals surface area contributed by atoms with Crippen molar-refractivity contribution in [2.24, 2.45) is 0 Å². The fourth-order valence-electron chi connectivity index (χ4n) is 2.66. The molecule has 0 saturated carbocycles. The van der Waals surface area contributed by atoms with Crippen LogP contribution in [0.5, 0.6) is 5.75 Å². The summed E-state index contributed by atoms with van der Waals surface area (Å²) in [6.07, 6.45) is 0.975. The van der Waals surface area contributed by atoms with Crippen molar-refractivity contribution in [1.82, 2.24) is 10.1 Å². The number of nitrogens with zero attached hydrogens (tertiary/aromatic N) is 2. The standard InChI is InChI=1S/C17H20N2O4/c1-3-12-11-19(8-9-22-12)17(20)14-10-16(23-18-14)13-6-4-5-7-15(13)21-2/h4-7,10,12H,3,8-9,11H2,1-2H3/t12-/m1/s1. The molecular formula is C17H20N2O4. The van der Waals surface area contributed by atoms with E-state index in [9.17, 15) is 4.79 Å². The van der Waals surface area contributed by atoms with Crippen LogP contribution in [0.1, 0.15) is 23.8 Å². The van der Waals surface area contributed by atoms with Gasteiger partial charge in [-0.25, -0.2) is 0 Å². The van der Waals surface area contributed by atoms with Crippen LogP contribution in [0, 0.1) is 0 Å². The first-order chi connectivity index (χ1) is 11.2. The number of amides is 1. The van der Waals surface area contributed by atoms with Crippen LogP contribution in [-0.2, 0) is 4.74 Å². The van der Waals surface area contributed by atoms with Gasteiger partial charge in [0.15, 0.2) is 11.5 Å². The average molecular weight is 316 g/mol. The summed E-state index contributed by atoms with van der Waals surface area (Å²) >= 11 is 0. The topological polar surface area (TPSA) is 64.8 Å². The molecule has 6 heteroatoms. The normalized spacial score (nSPS) is 18.0. The van der Waals surface area contributed by atoms with Gasteiger partial charge in [-0.2, -0.15) is 0 Å². The summed E-state index contributed by atoms with van der Waals surface area (Å²) in [5.74, 6) is 1.07. The molecule has 6 nitrogen and oxygen atoms in total. The average Bonchev–Trinajstić information content (AvgIpc) is 3.11. The summed E-state index contributed by atoms with van der Waals surface area (Å²) in [5, 5.41) is 3.93. The molecule has 3 rings (SSSR count). The fraction of sp³-hybridized carbons (Fsp3) is 0.412. The minimum absolute atomic E-state index is 0.0910. The van der Waals surface area contributed by atoms with E-state index < -0.39 is 0 Å². The molecule has 0 aliphatic carbocycles. The Labute approximate surface area is 135 Å². The Bertz CT molecular complexity index is 683. The summed E-state index contributed by atoms with van der Waals surface area (Å²) in [6, 6.07) is 9.14. The van der Waals surface area contributed by atoms with Gasteiger partial charge in [0.1, 0.15) is 5.75 Å². The first kappa shape index (κ1) is 15.6. The van der Waals surface area contributed by atoms with Crippen molar-refractivity contribution in [2.45, 2.75) is 19.4 Å². The molecule has 1 aliphatic heterocycles. The van der Waals surface area contributed by atoms with Gasteiger partial charge in [-0.3, -0.25) is 4.79 Å². The first-order valence-electron chi connectivity index (χ1n) is 7.74. The molecule has 2 heterocycles. The van der Waals surface area contributed by atoms with E-state index in [0.29, 0.717) is 36.9 Å². The molecule has 0 spiro atoms. The van der Waals surface area contributed by atoms with E-state index in [2.05, 4.69) is 12.1 Å². The lowest BCUT2D eigenvalue weighted by Crippen LogP contribution is -2.45. The van der Waals surface area contributed by atoms with E-state index in [1.165, 1.54) is 0 Å². The third-order valence-electron chi connectivity index (χ3n) is 3.98. The summed E-state index contributed by atoms with van der Waals surface area (Å²) in [4.78, 5) is 14.3. The lowest BCUT2D eigenvalue weighted by atomic mass is 10.1. The van der Waals surface area contributed by atoms with E-state index in [1.54, 1.807) is 18.1 Å². The number of hydrogen-bond donors (Lipinski definition) is 0. The molecule has 1 saturated heterocycles. The van der Waals surface area contributed by atoms with Crippen LogP contribution >= 0.6 is 0 Å². The Kier molecular flexibility index (Phi) is 4.62. The summed E-state index contributed by atoms with van der Waals surface area (Å²) < 4.78 is 16.3. The van der Waals surface area contributed by atoms with Gasteiger partial charge >= 0.3 is 0 Å². The highest BCUT2D eigenvalue weighted by atomic mass is 16.5. The van der Waals surface area contributed by atoms with Gasteiger partial charge in [0.2, 0.25) is 0 Å². The molecule has 0 radical (unpaired) electrons. The molecule has 1 amide bonds. The largest absolute Gasteiger partial charge is 0.496 e. The van der Waals surface area contributed by atoms with Crippen LogP contribution < -0.4 is 4.74 Å². The van der Waals surface area contributed by atoms with Crippen LogP contribution in [0.4, 0.5) is 0 Å². The zero-order valence-corrected chi connectivity index (χ0v) is 13.3. The number of para-hydroxylation sites is 1. The minimum atomic E-state index is -0.128. The highest BCUT2D eigenvalue weighted by Gasteiger charge is 2.26. The fourth-order valence-corrected chi connectivity index (χ4v) is 2.66. The van der Waals surface area contributed by atoms with Gasteiger partial charge in [0.25, 0.3) is 5.91 Å². The molecule has 1 atom stereocenters. The number of hydrogen-bond acceptors (Lipinski definition) is 5. The molecule has 122 valence electrons. The molecule has 1 aliphatic rings. The minimum Gasteiger partial charge on any atom is -0.496 e. The maximum atomic E-state index is 12.6. The smallest absolute Gasteiger partial charge is 0.276 e. The van der Waals surface area contributed by atoms with Crippen molar-refractivity contribution in [3.05, 3.63) is 36.0 Å². The number of aromatic nitrogens is 1. The Morgan fingerprint density at radius 2 is 2.26 bits per heavy atom. The van der Waals surface area contributed by atoms with Crippen LogP contribution in [0.3, 0.4) is 0 Å². The van der Waals surface area contributed by atoms with Gasteiger partial charge < -0.3 is 18.9 Å². The zero-order chi connectivity index (χ0) is 16.2. The monoisotopic (exact) mass is 316 g/mol. The maximum Gasteiger partial charge on any atom is 0.276 e. The van der Waals surface area contributed by atoms with Gasteiger partial charge in [-0.05, 0) is 18.6 Å². The van der Waals surface area contributed by atoms with Crippen LogP contribution in [0.25, 0.3) is 11.3 Å². The number of ether oxygens (including phenoxy) is 2. The second kappa shape index (κ2) is 6.83. The number of methoxy groups -OCH3 is 1. The molecule has 1 aromatic heterocycles. The van der Waals surface area contributed by atoms with Gasteiger partial charge in [-0.15, -0.1) is 0 Å². The van der Waals surface area contributed by atoms with Crippen molar-refractivity contribution < 1.29 is 18.8 Å². The van der Waals surface area contributed by atoms with Crippen molar-refractivity contribution in [3.63, 3.8) is 0 Å². The SMILES string of the molecule is CC[C@@H]1CN(C(=O)c2cc(-c3ccccc3OC)on2)CCO1. The second-order valence-corrected chi connectivity index (χ2v) is 5.43. The van der Waals surface area contributed by atoms with Gasteiger partial charge in [0, 0.05) is 19.2 Å². The first-order valence-corrected chi connectivity index (χ1v) is 7.74. The molecule has 1 aromatic carbocycles. The predicted molar refractivity (Wildman–Crippen MR) is 84.4 cm³/mol. The Balaban J connectivity index is 1.80. The summed E-state index contributed by atoms with van der Waals surface area (Å²) in [7, 11) is 1.60. The third-order valence-corrected chi connectivity index (χ3v) is 3.98. The Hall–Kier alpha value is -2.34. The zero-order valence-electron chi connectivity index (χ0n) is 13.3. The van der Waals surface area contributed by atoms with E-state index in [4.69, 9.17) is 14.0 Å². The van der Waals surface area contributed by atoms with Gasteiger partial charge in [-0.1, -0.05) is 24.2 Å². The molecule has 0 unspecified atom stereocenters. The molecular weight excluding hydrogens is 296 g/mol. The van der Waals surface area contributed by atoms with Crippen molar-refractivity contribution in [3.8, 4) is 17.1 Å². The second-order valence-electron chi connectivity index (χ2n) is 5.43. The Morgan fingerprint density at radius 3 is 3.04 bits per heavy atom. The van der Waals surface area contributed by atoms with E-state index in [-0.39, 0.29) is 12.0 Å². The highest BCUT2D eigenvalue weighted by Crippen LogP contribution is 2.30. The predicted octanol–water partition coefficient (Wildman–Crippen LogP) is 2.60. The summed E-state index contributed by atoms with van der Waals surface area (Å²) in [6.45, 7) is 3.77. The van der Waals surface area contributed by atoms with Gasteiger partial charge in [0.05, 0.1) is 25.4 Å². The molecule has 2 aromatic rings. The number of carbonyl (C=O) groups is 1. The van der Waals surface area contributed by atoms with Crippen LogP contribution in [0.2, 0.25) is 0 Å². The molecule has 0 N–H and O–H groups in total. The van der Waals surface area contributed by atoms with Crippen LogP contribution in [0.15, 0.2) is 34.9 Å². The maximum absolute atomic E-state index is 12.6. The quantitative estimate of drug-likeness (QED) is 0.867. The Morgan fingerprint density at radius 1 is 1.43 bits per heavy atom. The third kappa shape index (κ3) is 3.22. The summed E-state index contributed by atoms with van der Waals surface area (Å²) in [5.41, 5.74) is 1.08. The number of rotatable bonds is 4. The number of benzene rings is 1. The van der Waals surface area contributed by atoms with Crippen molar-refractivity contribution in [2.75, 3.05) is 26.8 Å². The molecule has 23 heavy (non-hydrogen) atoms. The van der Waals surface area contributed by atoms with Crippen molar-refractivity contribution >= 4 is 5.91 Å². The van der Waals surface area contributed by atoms with E-state index in [1.807, 2.05) is 24.3 Å².